The van der Waals surface area contributed by atoms with Gasteiger partial charge in [-0.3, -0.25) is 0 Å². The molecule has 1 fully saturated rings. The fourth-order valence-corrected chi connectivity index (χ4v) is 3.39. The van der Waals surface area contributed by atoms with Crippen LogP contribution in [0.4, 0.5) is 0 Å². The smallest absolute Gasteiger partial charge is 0.0991 e. The number of hydrogen-bond donors (Lipinski definition) is 0. The Labute approximate surface area is 129 Å². The topological polar surface area (TPSA) is 23.8 Å². The van der Waals surface area contributed by atoms with E-state index >= 15 is 0 Å². The normalized spacial score (nSPS) is 22.3. The zero-order valence-electron chi connectivity index (χ0n) is 13.2. The van der Waals surface area contributed by atoms with Gasteiger partial charge in [-0.1, -0.05) is 56.9 Å². The van der Waals surface area contributed by atoms with Crippen LogP contribution in [0.5, 0.6) is 0 Å². The largest absolute Gasteiger partial charge is 0.192 e. The lowest BCUT2D eigenvalue weighted by atomic mass is 9.79. The Bertz CT molecular complexity index is 470. The molecule has 1 aliphatic carbocycles. The third-order valence-electron chi connectivity index (χ3n) is 4.74. The van der Waals surface area contributed by atoms with E-state index < -0.39 is 0 Å². The van der Waals surface area contributed by atoms with E-state index in [0.29, 0.717) is 0 Å². The van der Waals surface area contributed by atoms with E-state index in [1.165, 1.54) is 50.5 Å². The van der Waals surface area contributed by atoms with Crippen LogP contribution in [0.15, 0.2) is 36.4 Å². The van der Waals surface area contributed by atoms with E-state index in [1.807, 2.05) is 12.1 Å². The average Bonchev–Trinajstić information content (AvgIpc) is 2.54. The summed E-state index contributed by atoms with van der Waals surface area (Å²) in [6.45, 7) is 2.30. The molecule has 0 N–H and O–H groups in total. The van der Waals surface area contributed by atoms with Gasteiger partial charge in [0.05, 0.1) is 11.6 Å². The van der Waals surface area contributed by atoms with Crippen LogP contribution >= 0.6 is 0 Å². The van der Waals surface area contributed by atoms with Gasteiger partial charge in [-0.15, -0.1) is 0 Å². The molecule has 1 saturated carbocycles. The minimum absolute atomic E-state index is 0.742. The van der Waals surface area contributed by atoms with E-state index in [0.717, 1.165) is 23.8 Å². The van der Waals surface area contributed by atoms with Crippen LogP contribution in [0.1, 0.15) is 63.0 Å². The Morgan fingerprint density at radius 2 is 1.71 bits per heavy atom. The van der Waals surface area contributed by atoms with E-state index in [-0.39, 0.29) is 0 Å². The number of rotatable bonds is 6. The van der Waals surface area contributed by atoms with Gasteiger partial charge in [-0.2, -0.15) is 5.26 Å². The van der Waals surface area contributed by atoms with Gasteiger partial charge in [0.2, 0.25) is 0 Å². The summed E-state index contributed by atoms with van der Waals surface area (Å²) in [4.78, 5) is 0. The summed E-state index contributed by atoms with van der Waals surface area (Å²) in [5, 5.41) is 8.78. The van der Waals surface area contributed by atoms with Crippen LogP contribution in [0.3, 0.4) is 0 Å². The Morgan fingerprint density at radius 3 is 2.33 bits per heavy atom. The summed E-state index contributed by atoms with van der Waals surface area (Å²) in [6.07, 6.45) is 15.4. The molecule has 1 aliphatic rings. The average molecular weight is 281 g/mol. The summed E-state index contributed by atoms with van der Waals surface area (Å²) >= 11 is 0. The van der Waals surface area contributed by atoms with Crippen LogP contribution in [0.25, 0.3) is 0 Å². The summed E-state index contributed by atoms with van der Waals surface area (Å²) in [7, 11) is 0. The molecule has 21 heavy (non-hydrogen) atoms. The van der Waals surface area contributed by atoms with Crippen molar-refractivity contribution in [2.75, 3.05) is 0 Å². The summed E-state index contributed by atoms with van der Waals surface area (Å²) in [5.74, 6) is 1.92. The third-order valence-corrected chi connectivity index (χ3v) is 4.74. The fourth-order valence-electron chi connectivity index (χ4n) is 3.39. The van der Waals surface area contributed by atoms with Gasteiger partial charge in [0, 0.05) is 0 Å². The van der Waals surface area contributed by atoms with Gasteiger partial charge in [0.15, 0.2) is 0 Å². The van der Waals surface area contributed by atoms with Crippen molar-refractivity contribution in [1.29, 1.82) is 5.26 Å². The molecular formula is C20H27N. The number of benzene rings is 1. The standard InChI is InChI=1S/C20H27N/c1-2-5-17-8-10-18(11-9-17)6-3-4-7-19-12-14-20(16-21)15-13-19/h3-4,12-15,17-18H,2,5-11H2,1H3. The van der Waals surface area contributed by atoms with Gasteiger partial charge in [0.1, 0.15) is 0 Å². The summed E-state index contributed by atoms with van der Waals surface area (Å²) in [5.41, 5.74) is 2.03. The van der Waals surface area contributed by atoms with Gasteiger partial charge in [-0.25, -0.2) is 0 Å². The Kier molecular flexibility index (Phi) is 6.54. The van der Waals surface area contributed by atoms with Gasteiger partial charge in [-0.05, 0) is 55.2 Å². The number of hydrogen-bond acceptors (Lipinski definition) is 1. The molecule has 0 amide bonds. The number of nitrogens with zero attached hydrogens (tertiary/aromatic N) is 1. The summed E-state index contributed by atoms with van der Waals surface area (Å²) in [6, 6.07) is 10.1. The fraction of sp³-hybridized carbons (Fsp3) is 0.550. The second-order valence-corrected chi connectivity index (χ2v) is 6.40. The van der Waals surface area contributed by atoms with Crippen molar-refractivity contribution in [3.63, 3.8) is 0 Å². The predicted octanol–water partition coefficient (Wildman–Crippen LogP) is 5.65. The molecule has 0 spiro atoms. The van der Waals surface area contributed by atoms with Gasteiger partial charge in [0.25, 0.3) is 0 Å². The second-order valence-electron chi connectivity index (χ2n) is 6.40. The van der Waals surface area contributed by atoms with Crippen LogP contribution in [0.2, 0.25) is 0 Å². The molecule has 1 nitrogen and oxygen atoms in total. The highest BCUT2D eigenvalue weighted by molar-refractivity contribution is 5.32. The SMILES string of the molecule is CCCC1CCC(CC=CCc2ccc(C#N)cc2)CC1. The van der Waals surface area contributed by atoms with Crippen molar-refractivity contribution < 1.29 is 0 Å². The van der Waals surface area contributed by atoms with E-state index in [2.05, 4.69) is 37.3 Å². The molecule has 0 atom stereocenters. The minimum atomic E-state index is 0.742. The molecule has 1 heteroatoms. The lowest BCUT2D eigenvalue weighted by Gasteiger charge is -2.27. The van der Waals surface area contributed by atoms with Crippen LogP contribution < -0.4 is 0 Å². The Hall–Kier alpha value is -1.55. The Balaban J connectivity index is 1.67. The first-order valence-corrected chi connectivity index (χ1v) is 8.45. The Morgan fingerprint density at radius 1 is 1.05 bits per heavy atom. The first-order chi connectivity index (χ1) is 10.3. The first-order valence-electron chi connectivity index (χ1n) is 8.45. The van der Waals surface area contributed by atoms with Crippen LogP contribution in [-0.4, -0.2) is 0 Å². The van der Waals surface area contributed by atoms with Crippen molar-refractivity contribution in [3.8, 4) is 6.07 Å². The van der Waals surface area contributed by atoms with Crippen LogP contribution in [0, 0.1) is 23.2 Å². The third kappa shape index (κ3) is 5.38. The molecular weight excluding hydrogens is 254 g/mol. The van der Waals surface area contributed by atoms with Crippen molar-refractivity contribution in [2.45, 2.75) is 58.3 Å². The molecule has 0 unspecified atom stereocenters. The van der Waals surface area contributed by atoms with Crippen molar-refractivity contribution in [3.05, 3.63) is 47.5 Å². The molecule has 0 saturated heterocycles. The van der Waals surface area contributed by atoms with E-state index in [4.69, 9.17) is 5.26 Å². The molecule has 0 aromatic heterocycles. The maximum absolute atomic E-state index is 8.78. The highest BCUT2D eigenvalue weighted by atomic mass is 14.2. The first kappa shape index (κ1) is 15.8. The summed E-state index contributed by atoms with van der Waals surface area (Å²) < 4.78 is 0. The maximum atomic E-state index is 8.78. The molecule has 1 aromatic rings. The number of nitriles is 1. The zero-order valence-corrected chi connectivity index (χ0v) is 13.2. The van der Waals surface area contributed by atoms with Crippen molar-refractivity contribution in [1.82, 2.24) is 0 Å². The second kappa shape index (κ2) is 8.67. The van der Waals surface area contributed by atoms with Crippen LogP contribution in [-0.2, 0) is 6.42 Å². The molecule has 112 valence electrons. The van der Waals surface area contributed by atoms with Crippen molar-refractivity contribution in [2.24, 2.45) is 11.8 Å². The highest BCUT2D eigenvalue weighted by Crippen LogP contribution is 2.33. The molecule has 0 radical (unpaired) electrons. The zero-order chi connectivity index (χ0) is 14.9. The van der Waals surface area contributed by atoms with Gasteiger partial charge >= 0.3 is 0 Å². The predicted molar refractivity (Wildman–Crippen MR) is 89.0 cm³/mol. The molecule has 0 bridgehead atoms. The number of allylic oxidation sites excluding steroid dienone is 2. The van der Waals surface area contributed by atoms with Crippen molar-refractivity contribution >= 4 is 0 Å². The van der Waals surface area contributed by atoms with E-state index in [9.17, 15) is 0 Å². The van der Waals surface area contributed by atoms with E-state index in [1.54, 1.807) is 0 Å². The lowest BCUT2D eigenvalue weighted by Crippen LogP contribution is -2.13. The molecule has 1 aromatic carbocycles. The molecule has 0 heterocycles. The van der Waals surface area contributed by atoms with Gasteiger partial charge < -0.3 is 0 Å². The highest BCUT2D eigenvalue weighted by Gasteiger charge is 2.19. The lowest BCUT2D eigenvalue weighted by molar-refractivity contribution is 0.263. The monoisotopic (exact) mass is 281 g/mol. The molecule has 2 rings (SSSR count). The molecule has 0 aliphatic heterocycles. The quantitative estimate of drug-likeness (QED) is 0.618. The maximum Gasteiger partial charge on any atom is 0.0991 e. The minimum Gasteiger partial charge on any atom is -0.192 e.